The van der Waals surface area contributed by atoms with Crippen LogP contribution in [-0.4, -0.2) is 5.91 Å². The maximum Gasteiger partial charge on any atom is 0.227 e. The first-order valence-electron chi connectivity index (χ1n) is 2.58. The van der Waals surface area contributed by atoms with E-state index in [0.717, 1.165) is 6.42 Å². The van der Waals surface area contributed by atoms with Gasteiger partial charge in [-0.2, -0.15) is 0 Å². The molecule has 1 aliphatic carbocycles. The van der Waals surface area contributed by atoms with Gasteiger partial charge in [0.15, 0.2) is 0 Å². The molecule has 43 valence electrons. The van der Waals surface area contributed by atoms with Gasteiger partial charge in [-0.15, -0.1) is 0 Å². The van der Waals surface area contributed by atoms with Crippen LogP contribution >= 0.6 is 0 Å². The monoisotopic (exact) mass is 110 g/mol. The molecule has 2 nitrogen and oxygen atoms in total. The molecule has 2 heteroatoms. The number of carbonyl (C=O) groups excluding carboxylic acids is 1. The van der Waals surface area contributed by atoms with E-state index in [2.05, 4.69) is 12.4 Å². The van der Waals surface area contributed by atoms with E-state index in [4.69, 9.17) is 0 Å². The highest BCUT2D eigenvalue weighted by Crippen LogP contribution is 2.15. The lowest BCUT2D eigenvalue weighted by molar-refractivity contribution is -0.123. The molecule has 8 heavy (non-hydrogen) atoms. The van der Waals surface area contributed by atoms with E-state index in [0.29, 0.717) is 0 Å². The highest BCUT2D eigenvalue weighted by atomic mass is 16.1. The molecular weight excluding hydrogens is 102 g/mol. The van der Waals surface area contributed by atoms with Gasteiger partial charge in [0.1, 0.15) is 0 Å². The van der Waals surface area contributed by atoms with Crippen molar-refractivity contribution in [1.82, 2.24) is 5.32 Å². The van der Waals surface area contributed by atoms with Crippen LogP contribution in [0.25, 0.3) is 0 Å². The van der Waals surface area contributed by atoms with Crippen LogP contribution in [0.1, 0.15) is 6.42 Å². The van der Waals surface area contributed by atoms with Crippen LogP contribution in [0.3, 0.4) is 0 Å². The highest BCUT2D eigenvalue weighted by Gasteiger charge is 2.16. The van der Waals surface area contributed by atoms with Gasteiger partial charge in [0.05, 0.1) is 5.92 Å². The number of carbonyl (C=O) groups is 1. The molecule has 0 aromatic rings. The molecule has 0 bridgehead atoms. The average Bonchev–Trinajstić information content (AvgIpc) is 1.62. The topological polar surface area (TPSA) is 29.1 Å². The van der Waals surface area contributed by atoms with Gasteiger partial charge in [-0.05, 0) is 6.42 Å². The minimum atomic E-state index is 0.0208. The van der Waals surface area contributed by atoms with Crippen LogP contribution in [-0.2, 0) is 4.79 Å². The summed E-state index contributed by atoms with van der Waals surface area (Å²) in [5.74, 6) is 0.125. The zero-order chi connectivity index (χ0) is 5.98. The second kappa shape index (κ2) is 1.99. The van der Waals surface area contributed by atoms with Gasteiger partial charge >= 0.3 is 0 Å². The molecule has 1 radical (unpaired) electrons. The van der Waals surface area contributed by atoms with E-state index in [1.54, 1.807) is 0 Å². The number of hydrogen-bond acceptors (Lipinski definition) is 1. The van der Waals surface area contributed by atoms with Crippen molar-refractivity contribution in [3.05, 3.63) is 19.2 Å². The van der Waals surface area contributed by atoms with E-state index in [1.165, 1.54) is 0 Å². The molecule has 1 atom stereocenters. The Morgan fingerprint density at radius 2 is 2.50 bits per heavy atom. The smallest absolute Gasteiger partial charge is 0.227 e. The Kier molecular flexibility index (Phi) is 1.33. The molecule has 1 aliphatic rings. The Morgan fingerprint density at radius 3 is 2.62 bits per heavy atom. The molecular formula is C6H8NO. The summed E-state index contributed by atoms with van der Waals surface area (Å²) in [5, 5.41) is 2.33. The fourth-order valence-electron chi connectivity index (χ4n) is 0.598. The minimum Gasteiger partial charge on any atom is -0.354 e. The quantitative estimate of drug-likeness (QED) is 0.488. The number of amides is 1. The molecule has 1 rings (SSSR count). The molecule has 0 aromatic heterocycles. The van der Waals surface area contributed by atoms with Crippen LogP contribution in [0.4, 0.5) is 0 Å². The van der Waals surface area contributed by atoms with Crippen LogP contribution in [0.5, 0.6) is 0 Å². The van der Waals surface area contributed by atoms with E-state index >= 15 is 0 Å². The third kappa shape index (κ3) is 0.735. The molecule has 1 unspecified atom stereocenters. The van der Waals surface area contributed by atoms with Crippen LogP contribution in [0, 0.1) is 13.0 Å². The fraction of sp³-hybridized carbons (Fsp3) is 0.333. The van der Waals surface area contributed by atoms with Crippen molar-refractivity contribution in [2.24, 2.45) is 5.92 Å². The minimum absolute atomic E-state index is 0.0208. The van der Waals surface area contributed by atoms with E-state index in [9.17, 15) is 4.79 Å². The number of nitrogens with one attached hydrogen (secondary N) is 1. The second-order valence-corrected chi connectivity index (χ2v) is 1.81. The molecule has 1 N–H and O–H groups in total. The first-order valence-corrected chi connectivity index (χ1v) is 2.58. The molecule has 0 heterocycles. The van der Waals surface area contributed by atoms with Crippen molar-refractivity contribution in [3.8, 4) is 0 Å². The van der Waals surface area contributed by atoms with Gasteiger partial charge in [-0.1, -0.05) is 12.2 Å². The summed E-state index contributed by atoms with van der Waals surface area (Å²) in [6.45, 7) is 0. The van der Waals surface area contributed by atoms with E-state index in [1.807, 2.05) is 12.2 Å². The molecule has 1 amide bonds. The van der Waals surface area contributed by atoms with Gasteiger partial charge in [0.2, 0.25) is 5.91 Å². The van der Waals surface area contributed by atoms with Crippen molar-refractivity contribution >= 4 is 5.91 Å². The number of hydrogen-bond donors (Lipinski definition) is 1. The maximum atomic E-state index is 10.6. The van der Waals surface area contributed by atoms with Crippen molar-refractivity contribution in [1.29, 1.82) is 0 Å². The van der Waals surface area contributed by atoms with Crippen molar-refractivity contribution < 1.29 is 4.79 Å². The summed E-state index contributed by atoms with van der Waals surface area (Å²) in [7, 11) is 3.26. The van der Waals surface area contributed by atoms with Gasteiger partial charge in [0.25, 0.3) is 0 Å². The Morgan fingerprint density at radius 1 is 1.88 bits per heavy atom. The molecule has 0 fully saturated rings. The normalized spacial score (nSPS) is 24.4. The van der Waals surface area contributed by atoms with Gasteiger partial charge in [-0.3, -0.25) is 4.79 Å². The van der Waals surface area contributed by atoms with Crippen LogP contribution < -0.4 is 5.32 Å². The molecule has 0 saturated carbocycles. The second-order valence-electron chi connectivity index (χ2n) is 1.81. The Bertz CT molecular complexity index is 128. The van der Waals surface area contributed by atoms with Gasteiger partial charge < -0.3 is 5.32 Å². The number of allylic oxidation sites excluding steroid dienone is 1. The predicted octanol–water partition coefficient (Wildman–Crippen LogP) is 0.470. The fourth-order valence-corrected chi connectivity index (χ4v) is 0.598. The molecule has 0 spiro atoms. The zero-order valence-corrected chi connectivity index (χ0v) is 4.55. The lowest BCUT2D eigenvalue weighted by Crippen LogP contribution is -2.26. The molecule has 0 aliphatic heterocycles. The lowest BCUT2D eigenvalue weighted by Gasteiger charge is -2.14. The summed E-state index contributed by atoms with van der Waals surface area (Å²) in [4.78, 5) is 10.6. The predicted molar refractivity (Wildman–Crippen MR) is 30.7 cm³/mol. The number of rotatable bonds is 1. The average molecular weight is 110 g/mol. The molecule has 0 aromatic carbocycles. The zero-order valence-electron chi connectivity index (χ0n) is 4.55. The SMILES string of the molecule is [CH2]NC(=O)C1C=CC1. The standard InChI is InChI=1S/C6H8NO/c1-7-6(8)5-3-2-4-5/h2-3,5H,1,4H2,(H,7,8). The Balaban J connectivity index is 2.36. The third-order valence-electron chi connectivity index (χ3n) is 1.27. The Labute approximate surface area is 48.6 Å². The third-order valence-corrected chi connectivity index (χ3v) is 1.27. The summed E-state index contributed by atoms with van der Waals surface area (Å²) in [6, 6.07) is 0. The van der Waals surface area contributed by atoms with Crippen molar-refractivity contribution in [2.75, 3.05) is 0 Å². The van der Waals surface area contributed by atoms with E-state index in [-0.39, 0.29) is 11.8 Å². The van der Waals surface area contributed by atoms with Gasteiger partial charge in [-0.25, -0.2) is 0 Å². The summed E-state index contributed by atoms with van der Waals surface area (Å²) < 4.78 is 0. The maximum absolute atomic E-state index is 10.6. The van der Waals surface area contributed by atoms with Crippen LogP contribution in [0.2, 0.25) is 0 Å². The van der Waals surface area contributed by atoms with Gasteiger partial charge in [0, 0.05) is 7.05 Å². The molecule has 0 saturated heterocycles. The lowest BCUT2D eigenvalue weighted by atomic mass is 9.95. The Hall–Kier alpha value is -0.790. The largest absolute Gasteiger partial charge is 0.354 e. The van der Waals surface area contributed by atoms with Crippen molar-refractivity contribution in [2.45, 2.75) is 6.42 Å². The van der Waals surface area contributed by atoms with E-state index < -0.39 is 0 Å². The van der Waals surface area contributed by atoms with Crippen molar-refractivity contribution in [3.63, 3.8) is 0 Å². The first kappa shape index (κ1) is 5.35. The summed E-state index contributed by atoms with van der Waals surface area (Å²) >= 11 is 0. The van der Waals surface area contributed by atoms with Crippen LogP contribution in [0.15, 0.2) is 12.2 Å². The summed E-state index contributed by atoms with van der Waals surface area (Å²) in [5.41, 5.74) is 0. The first-order chi connectivity index (χ1) is 3.84. The summed E-state index contributed by atoms with van der Waals surface area (Å²) in [6.07, 6.45) is 4.72. The highest BCUT2D eigenvalue weighted by molar-refractivity contribution is 5.81.